The number of aliphatic hydroxyl groups excluding tert-OH is 1. The van der Waals surface area contributed by atoms with Gasteiger partial charge in [-0.05, 0) is 26.7 Å². The highest BCUT2D eigenvalue weighted by molar-refractivity contribution is 7.45. The number of nitrogens with one attached hydrogen (secondary N) is 1. The molecule has 0 aromatic heterocycles. The fourth-order valence-corrected chi connectivity index (χ4v) is 3.86. The van der Waals surface area contributed by atoms with Gasteiger partial charge in [0.25, 0.3) is 0 Å². The third kappa shape index (κ3) is 27.7. The second-order valence-electron chi connectivity index (χ2n) is 10.1. The number of hydrogen-bond acceptors (Lipinski definition) is 4. The molecule has 8 nitrogen and oxygen atoms in total. The largest absolute Gasteiger partial charge is 0.466 e. The predicted octanol–water partition coefficient (Wildman–Crippen LogP) is 5.31. The van der Waals surface area contributed by atoms with Crippen LogP contribution in [0, 0.1) is 0 Å². The summed E-state index contributed by atoms with van der Waals surface area (Å²) >= 11 is 0. The minimum Gasteiger partial charge on any atom is -0.389 e. The fourth-order valence-electron chi connectivity index (χ4n) is 3.86. The molecule has 0 aliphatic carbocycles. The summed E-state index contributed by atoms with van der Waals surface area (Å²) in [5, 5.41) is 13.2. The van der Waals surface area contributed by atoms with Crippen LogP contribution < -0.4 is 11.1 Å². The molecule has 0 aliphatic heterocycles. The van der Waals surface area contributed by atoms with Gasteiger partial charge in [-0.3, -0.25) is 4.79 Å². The van der Waals surface area contributed by atoms with Gasteiger partial charge in [-0.15, -0.1) is 0 Å². The van der Waals surface area contributed by atoms with Crippen LogP contribution in [0.2, 0.25) is 0 Å². The molecule has 0 fully saturated rings. The third-order valence-corrected chi connectivity index (χ3v) is 5.94. The van der Waals surface area contributed by atoms with E-state index in [4.69, 9.17) is 25.0 Å². The van der Waals surface area contributed by atoms with Gasteiger partial charge in [0.1, 0.15) is 0 Å². The predicted molar refractivity (Wildman–Crippen MR) is 140 cm³/mol. The third-order valence-electron chi connectivity index (χ3n) is 5.94. The van der Waals surface area contributed by atoms with Crippen molar-refractivity contribution in [3.05, 3.63) is 0 Å². The van der Waals surface area contributed by atoms with E-state index in [1.54, 1.807) is 13.8 Å². The van der Waals surface area contributed by atoms with E-state index in [0.717, 1.165) is 12.8 Å². The SMILES string of the molecule is CCCCCCCCCCCCCCCCCC(=O)NC(CC)C(O)C(C)(C)N.O=P(O)(O)O. The maximum absolute atomic E-state index is 12.1. The Labute approximate surface area is 208 Å². The van der Waals surface area contributed by atoms with Crippen LogP contribution in [0.25, 0.3) is 0 Å². The average Bonchev–Trinajstić information content (AvgIpc) is 2.72. The number of carbonyl (C=O) groups excluding carboxylic acids is 1. The molecule has 0 aromatic rings. The molecule has 0 radical (unpaired) electrons. The van der Waals surface area contributed by atoms with Crippen molar-refractivity contribution in [2.75, 3.05) is 0 Å². The van der Waals surface area contributed by atoms with Crippen LogP contribution >= 0.6 is 7.82 Å². The molecule has 0 rings (SSSR count). The van der Waals surface area contributed by atoms with Crippen LogP contribution in [-0.4, -0.2) is 43.4 Å². The zero-order valence-electron chi connectivity index (χ0n) is 22.3. The second kappa shape index (κ2) is 21.8. The fraction of sp³-hybridized carbons (Fsp3) is 0.960. The zero-order valence-corrected chi connectivity index (χ0v) is 23.2. The van der Waals surface area contributed by atoms with Crippen LogP contribution in [0.3, 0.4) is 0 Å². The Hall–Kier alpha value is -0.500. The average molecular weight is 511 g/mol. The van der Waals surface area contributed by atoms with Crippen LogP contribution in [0.1, 0.15) is 137 Å². The first-order chi connectivity index (χ1) is 15.8. The topological polar surface area (TPSA) is 153 Å². The first kappa shape index (κ1) is 35.7. The van der Waals surface area contributed by atoms with E-state index >= 15 is 0 Å². The summed E-state index contributed by atoms with van der Waals surface area (Å²) in [4.78, 5) is 33.7. The highest BCUT2D eigenvalue weighted by atomic mass is 31.2. The molecule has 0 aromatic carbocycles. The molecule has 1 amide bonds. The number of hydrogen-bond donors (Lipinski definition) is 6. The summed E-state index contributed by atoms with van der Waals surface area (Å²) in [7, 11) is -4.64. The standard InChI is InChI=1S/C25H52N2O2.H3O4P/c1-5-7-8-9-10-11-12-13-14-15-16-17-18-19-20-21-23(28)27-22(6-2)24(29)25(3,4)26;1-5(2,3)4/h22,24,29H,5-21,26H2,1-4H3,(H,27,28);(H3,1,2,3,4). The number of rotatable bonds is 20. The molecule has 0 saturated carbocycles. The van der Waals surface area contributed by atoms with Gasteiger partial charge in [-0.1, -0.05) is 104 Å². The Kier molecular flexibility index (Phi) is 22.8. The summed E-state index contributed by atoms with van der Waals surface area (Å²) in [6.07, 6.45) is 20.4. The summed E-state index contributed by atoms with van der Waals surface area (Å²) in [5.41, 5.74) is 5.26. The molecular formula is C25H55N2O6P. The summed E-state index contributed by atoms with van der Waals surface area (Å²) < 4.78 is 8.88. The minimum atomic E-state index is -4.64. The quantitative estimate of drug-likeness (QED) is 0.0958. The van der Waals surface area contributed by atoms with E-state index in [1.165, 1.54) is 83.5 Å². The van der Waals surface area contributed by atoms with Crippen molar-refractivity contribution < 1.29 is 29.1 Å². The van der Waals surface area contributed by atoms with Crippen molar-refractivity contribution in [2.45, 2.75) is 155 Å². The number of phosphoric acid groups is 1. The molecule has 7 N–H and O–H groups in total. The lowest BCUT2D eigenvalue weighted by Crippen LogP contribution is -2.56. The van der Waals surface area contributed by atoms with Gasteiger partial charge in [0, 0.05) is 12.0 Å². The van der Waals surface area contributed by atoms with E-state index in [9.17, 15) is 9.90 Å². The highest BCUT2D eigenvalue weighted by Gasteiger charge is 2.30. The van der Waals surface area contributed by atoms with Gasteiger partial charge in [0.2, 0.25) is 5.91 Å². The number of amides is 1. The van der Waals surface area contributed by atoms with Gasteiger partial charge >= 0.3 is 7.82 Å². The van der Waals surface area contributed by atoms with Gasteiger partial charge in [-0.2, -0.15) is 0 Å². The van der Waals surface area contributed by atoms with Crippen molar-refractivity contribution >= 4 is 13.7 Å². The molecular weight excluding hydrogens is 455 g/mol. The Balaban J connectivity index is 0. The number of carbonyl (C=O) groups is 1. The Morgan fingerprint density at radius 3 is 1.41 bits per heavy atom. The Morgan fingerprint density at radius 1 is 0.794 bits per heavy atom. The first-order valence-electron chi connectivity index (χ1n) is 13.4. The minimum absolute atomic E-state index is 0.0369. The van der Waals surface area contributed by atoms with Gasteiger partial charge in [0.15, 0.2) is 0 Å². The van der Waals surface area contributed by atoms with E-state index < -0.39 is 19.5 Å². The maximum atomic E-state index is 12.1. The van der Waals surface area contributed by atoms with E-state index in [0.29, 0.717) is 12.8 Å². The molecule has 2 unspecified atom stereocenters. The van der Waals surface area contributed by atoms with Crippen molar-refractivity contribution in [1.29, 1.82) is 0 Å². The Morgan fingerprint density at radius 2 is 1.12 bits per heavy atom. The highest BCUT2D eigenvalue weighted by Crippen LogP contribution is 2.25. The lowest BCUT2D eigenvalue weighted by molar-refractivity contribution is -0.123. The van der Waals surface area contributed by atoms with Crippen LogP contribution in [0.4, 0.5) is 0 Å². The first-order valence-corrected chi connectivity index (χ1v) is 14.9. The summed E-state index contributed by atoms with van der Waals surface area (Å²) in [6.45, 7) is 7.82. The molecule has 0 heterocycles. The van der Waals surface area contributed by atoms with E-state index in [2.05, 4.69) is 12.2 Å². The molecule has 0 spiro atoms. The normalized spacial score (nSPS) is 13.7. The van der Waals surface area contributed by atoms with E-state index in [-0.39, 0.29) is 11.9 Å². The molecule has 9 heteroatoms. The maximum Gasteiger partial charge on any atom is 0.466 e. The van der Waals surface area contributed by atoms with Gasteiger partial charge in [-0.25, -0.2) is 4.57 Å². The summed E-state index contributed by atoms with van der Waals surface area (Å²) in [6, 6.07) is -0.265. The second-order valence-corrected chi connectivity index (χ2v) is 11.1. The molecule has 2 atom stereocenters. The van der Waals surface area contributed by atoms with Crippen molar-refractivity contribution in [3.63, 3.8) is 0 Å². The molecule has 0 bridgehead atoms. The lowest BCUT2D eigenvalue weighted by Gasteiger charge is -2.32. The lowest BCUT2D eigenvalue weighted by atomic mass is 9.91. The van der Waals surface area contributed by atoms with Crippen molar-refractivity contribution in [2.24, 2.45) is 5.73 Å². The number of nitrogens with two attached hydrogens (primary N) is 1. The van der Waals surface area contributed by atoms with Crippen LogP contribution in [0.15, 0.2) is 0 Å². The van der Waals surface area contributed by atoms with Gasteiger partial charge < -0.3 is 30.8 Å². The number of aliphatic hydroxyl groups is 1. The summed E-state index contributed by atoms with van der Waals surface area (Å²) in [5.74, 6) is 0.0369. The monoisotopic (exact) mass is 510 g/mol. The van der Waals surface area contributed by atoms with Crippen molar-refractivity contribution in [1.82, 2.24) is 5.32 Å². The van der Waals surface area contributed by atoms with Gasteiger partial charge in [0.05, 0.1) is 12.1 Å². The Bertz CT molecular complexity index is 514. The molecule has 206 valence electrons. The van der Waals surface area contributed by atoms with Crippen LogP contribution in [-0.2, 0) is 9.36 Å². The van der Waals surface area contributed by atoms with E-state index in [1.807, 2.05) is 6.92 Å². The molecule has 34 heavy (non-hydrogen) atoms. The van der Waals surface area contributed by atoms with Crippen molar-refractivity contribution in [3.8, 4) is 0 Å². The number of unbranched alkanes of at least 4 members (excludes halogenated alkanes) is 14. The van der Waals surface area contributed by atoms with Crippen LogP contribution in [0.5, 0.6) is 0 Å². The molecule has 0 saturated heterocycles. The zero-order chi connectivity index (χ0) is 26.5. The smallest absolute Gasteiger partial charge is 0.389 e. The molecule has 0 aliphatic rings.